The van der Waals surface area contributed by atoms with Gasteiger partial charge < -0.3 is 15.2 Å². The Morgan fingerprint density at radius 3 is 2.68 bits per heavy atom. The zero-order chi connectivity index (χ0) is 15.9. The third-order valence-electron chi connectivity index (χ3n) is 3.70. The van der Waals surface area contributed by atoms with Crippen LogP contribution in [0.5, 0.6) is 0 Å². The Morgan fingerprint density at radius 1 is 1.36 bits per heavy atom. The van der Waals surface area contributed by atoms with Crippen molar-refractivity contribution in [1.82, 2.24) is 5.32 Å². The summed E-state index contributed by atoms with van der Waals surface area (Å²) in [6, 6.07) is 6.29. The molecule has 0 saturated carbocycles. The quantitative estimate of drug-likeness (QED) is 0.808. The lowest BCUT2D eigenvalue weighted by Gasteiger charge is -2.18. The molecule has 2 N–H and O–H groups in total. The lowest BCUT2D eigenvalue weighted by atomic mass is 10.0. The van der Waals surface area contributed by atoms with Crippen LogP contribution >= 0.6 is 11.6 Å². The second kappa shape index (κ2) is 8.15. The number of carbonyl (C=O) groups excluding carboxylic acids is 1. The fourth-order valence-corrected chi connectivity index (χ4v) is 2.68. The van der Waals surface area contributed by atoms with Crippen LogP contribution in [-0.2, 0) is 14.3 Å². The van der Waals surface area contributed by atoms with Gasteiger partial charge in [-0.25, -0.2) is 0 Å². The van der Waals surface area contributed by atoms with Crippen LogP contribution in [0.4, 0.5) is 0 Å². The number of carboxylic acids is 1. The monoisotopic (exact) mass is 325 g/mol. The van der Waals surface area contributed by atoms with Crippen molar-refractivity contribution in [3.05, 3.63) is 34.9 Å². The number of carbonyl (C=O) groups is 2. The van der Waals surface area contributed by atoms with Crippen molar-refractivity contribution < 1.29 is 19.4 Å². The van der Waals surface area contributed by atoms with Crippen LogP contribution in [0.1, 0.15) is 43.7 Å². The molecule has 6 heteroatoms. The number of carboxylic acid groups (broad SMARTS) is 1. The summed E-state index contributed by atoms with van der Waals surface area (Å²) in [4.78, 5) is 23.0. The molecule has 120 valence electrons. The molecule has 1 aromatic rings. The first-order valence-electron chi connectivity index (χ1n) is 7.43. The van der Waals surface area contributed by atoms with E-state index in [4.69, 9.17) is 21.4 Å². The fraction of sp³-hybridized carbons (Fsp3) is 0.500. The lowest BCUT2D eigenvalue weighted by molar-refractivity contribution is -0.137. The van der Waals surface area contributed by atoms with Gasteiger partial charge in [0.2, 0.25) is 5.91 Å². The molecule has 0 aromatic heterocycles. The Hall–Kier alpha value is -1.59. The smallest absolute Gasteiger partial charge is 0.305 e. The van der Waals surface area contributed by atoms with Gasteiger partial charge in [-0.3, -0.25) is 9.59 Å². The van der Waals surface area contributed by atoms with Crippen molar-refractivity contribution in [1.29, 1.82) is 0 Å². The molecule has 2 atom stereocenters. The van der Waals surface area contributed by atoms with Crippen LogP contribution in [0.3, 0.4) is 0 Å². The van der Waals surface area contributed by atoms with Gasteiger partial charge in [0.1, 0.15) is 0 Å². The highest BCUT2D eigenvalue weighted by Crippen LogP contribution is 2.21. The van der Waals surface area contributed by atoms with E-state index in [1.807, 2.05) is 0 Å². The molecule has 1 aliphatic rings. The van der Waals surface area contributed by atoms with Gasteiger partial charge in [-0.2, -0.15) is 0 Å². The molecule has 1 heterocycles. The fourth-order valence-electron chi connectivity index (χ4n) is 2.55. The highest BCUT2D eigenvalue weighted by atomic mass is 35.5. The summed E-state index contributed by atoms with van der Waals surface area (Å²) in [6.45, 7) is 0.763. The molecule has 1 aliphatic heterocycles. The van der Waals surface area contributed by atoms with Gasteiger partial charge in [0.25, 0.3) is 0 Å². The third kappa shape index (κ3) is 5.31. The minimum Gasteiger partial charge on any atom is -0.481 e. The predicted octanol–water partition coefficient (Wildman–Crippen LogP) is 2.93. The van der Waals surface area contributed by atoms with Crippen LogP contribution in [-0.4, -0.2) is 29.7 Å². The lowest BCUT2D eigenvalue weighted by Crippen LogP contribution is -2.30. The third-order valence-corrected chi connectivity index (χ3v) is 3.96. The maximum atomic E-state index is 12.0. The normalized spacial score (nSPS) is 18.9. The van der Waals surface area contributed by atoms with Crippen LogP contribution in [0, 0.1) is 0 Å². The van der Waals surface area contributed by atoms with Crippen LogP contribution in [0.25, 0.3) is 0 Å². The number of hydrogen-bond acceptors (Lipinski definition) is 3. The van der Waals surface area contributed by atoms with Crippen LogP contribution in [0.15, 0.2) is 24.3 Å². The van der Waals surface area contributed by atoms with Gasteiger partial charge >= 0.3 is 5.97 Å². The molecular formula is C16H20ClNO4. The summed E-state index contributed by atoms with van der Waals surface area (Å²) in [5.74, 6) is -1.11. The molecule has 0 aliphatic carbocycles. The molecule has 22 heavy (non-hydrogen) atoms. The Bertz CT molecular complexity index is 511. The number of benzene rings is 1. The van der Waals surface area contributed by atoms with Crippen molar-refractivity contribution in [2.45, 2.75) is 44.2 Å². The van der Waals surface area contributed by atoms with E-state index in [1.54, 1.807) is 24.3 Å². The zero-order valence-corrected chi connectivity index (χ0v) is 13.0. The van der Waals surface area contributed by atoms with E-state index in [-0.39, 0.29) is 18.4 Å². The molecule has 0 bridgehead atoms. The van der Waals surface area contributed by atoms with Crippen molar-refractivity contribution in [3.8, 4) is 0 Å². The minimum atomic E-state index is -0.959. The summed E-state index contributed by atoms with van der Waals surface area (Å²) in [5.41, 5.74) is 0.734. The standard InChI is InChI=1S/C16H20ClNO4/c17-12-5-3-11(4-6-12)14(10-16(20)21)18-15(19)8-7-13-2-1-9-22-13/h3-6,13-14H,1-2,7-10H2,(H,18,19)(H,20,21)/t13?,14-/m0/s1. The van der Waals surface area contributed by atoms with Crippen molar-refractivity contribution in [2.24, 2.45) is 0 Å². The second-order valence-electron chi connectivity index (χ2n) is 5.44. The van der Waals surface area contributed by atoms with Gasteiger partial charge in [-0.15, -0.1) is 0 Å². The summed E-state index contributed by atoms with van der Waals surface area (Å²) in [5, 5.41) is 12.4. The van der Waals surface area contributed by atoms with E-state index in [1.165, 1.54) is 0 Å². The molecule has 1 aromatic carbocycles. The highest BCUT2D eigenvalue weighted by molar-refractivity contribution is 6.30. The Labute approximate surface area is 134 Å². The number of nitrogens with one attached hydrogen (secondary N) is 1. The van der Waals surface area contributed by atoms with E-state index in [9.17, 15) is 9.59 Å². The second-order valence-corrected chi connectivity index (χ2v) is 5.88. The van der Waals surface area contributed by atoms with E-state index in [0.29, 0.717) is 17.9 Å². The molecule has 1 amide bonds. The first-order valence-corrected chi connectivity index (χ1v) is 7.80. The van der Waals surface area contributed by atoms with E-state index in [2.05, 4.69) is 5.32 Å². The summed E-state index contributed by atoms with van der Waals surface area (Å²) < 4.78 is 5.48. The zero-order valence-electron chi connectivity index (χ0n) is 12.3. The molecule has 2 rings (SSSR count). The predicted molar refractivity (Wildman–Crippen MR) is 82.8 cm³/mol. The molecule has 1 unspecified atom stereocenters. The molecule has 0 spiro atoms. The average Bonchev–Trinajstić information content (AvgIpc) is 2.98. The number of amides is 1. The minimum absolute atomic E-state index is 0.152. The Morgan fingerprint density at radius 2 is 2.09 bits per heavy atom. The average molecular weight is 326 g/mol. The van der Waals surface area contributed by atoms with Crippen molar-refractivity contribution >= 4 is 23.5 Å². The largest absolute Gasteiger partial charge is 0.481 e. The summed E-state index contributed by atoms with van der Waals surface area (Å²) in [6.07, 6.45) is 3.04. The van der Waals surface area contributed by atoms with E-state index >= 15 is 0 Å². The van der Waals surface area contributed by atoms with E-state index < -0.39 is 12.0 Å². The number of aliphatic carboxylic acids is 1. The van der Waals surface area contributed by atoms with Gasteiger partial charge in [-0.05, 0) is 37.0 Å². The summed E-state index contributed by atoms with van der Waals surface area (Å²) in [7, 11) is 0. The first-order chi connectivity index (χ1) is 10.5. The van der Waals surface area contributed by atoms with Gasteiger partial charge in [0, 0.05) is 18.1 Å². The first kappa shape index (κ1) is 16.8. The molecule has 0 radical (unpaired) electrons. The van der Waals surface area contributed by atoms with Crippen LogP contribution < -0.4 is 5.32 Å². The van der Waals surface area contributed by atoms with Gasteiger partial charge in [-0.1, -0.05) is 23.7 Å². The van der Waals surface area contributed by atoms with Crippen molar-refractivity contribution in [2.75, 3.05) is 6.61 Å². The number of rotatable bonds is 7. The maximum Gasteiger partial charge on any atom is 0.305 e. The Balaban J connectivity index is 1.91. The van der Waals surface area contributed by atoms with Gasteiger partial charge in [0.15, 0.2) is 0 Å². The summed E-state index contributed by atoms with van der Waals surface area (Å²) >= 11 is 5.83. The number of ether oxygens (including phenoxy) is 1. The highest BCUT2D eigenvalue weighted by Gasteiger charge is 2.20. The number of halogens is 1. The number of hydrogen-bond donors (Lipinski definition) is 2. The molecular weight excluding hydrogens is 306 g/mol. The maximum absolute atomic E-state index is 12.0. The molecule has 1 saturated heterocycles. The Kier molecular flexibility index (Phi) is 6.21. The van der Waals surface area contributed by atoms with Crippen molar-refractivity contribution in [3.63, 3.8) is 0 Å². The van der Waals surface area contributed by atoms with Crippen LogP contribution in [0.2, 0.25) is 5.02 Å². The molecule has 1 fully saturated rings. The topological polar surface area (TPSA) is 75.6 Å². The van der Waals surface area contributed by atoms with E-state index in [0.717, 1.165) is 25.0 Å². The molecule has 5 nitrogen and oxygen atoms in total. The van der Waals surface area contributed by atoms with Gasteiger partial charge in [0.05, 0.1) is 18.6 Å². The SMILES string of the molecule is O=C(O)C[C@H](NC(=O)CCC1CCCO1)c1ccc(Cl)cc1.